The van der Waals surface area contributed by atoms with E-state index in [-0.39, 0.29) is 0 Å². The number of benzene rings is 8. The van der Waals surface area contributed by atoms with E-state index in [2.05, 4.69) is 204 Å². The second kappa shape index (κ2) is 13.6. The maximum Gasteiger partial charge on any atom is 0.0541 e. The summed E-state index contributed by atoms with van der Waals surface area (Å²) < 4.78 is 2.37. The molecule has 0 N–H and O–H groups in total. The third-order valence-corrected chi connectivity index (χ3v) is 12.4. The van der Waals surface area contributed by atoms with Crippen LogP contribution >= 0.6 is 0 Å². The van der Waals surface area contributed by atoms with E-state index in [9.17, 15) is 0 Å². The first-order valence-electron chi connectivity index (χ1n) is 20.1. The van der Waals surface area contributed by atoms with E-state index in [4.69, 9.17) is 0 Å². The fraction of sp³-hybridized carbons (Fsp3) is 0.111. The highest BCUT2D eigenvalue weighted by Crippen LogP contribution is 2.45. The summed E-state index contributed by atoms with van der Waals surface area (Å²) in [5.74, 6) is 1.57. The molecule has 0 saturated heterocycles. The average molecular weight is 719 g/mol. The van der Waals surface area contributed by atoms with Gasteiger partial charge in [-0.25, -0.2) is 0 Å². The fourth-order valence-corrected chi connectivity index (χ4v) is 9.67. The predicted molar refractivity (Wildman–Crippen MR) is 238 cm³/mol. The van der Waals surface area contributed by atoms with Crippen molar-refractivity contribution in [3.63, 3.8) is 0 Å². The molecule has 2 bridgehead atoms. The Morgan fingerprint density at radius 2 is 1.12 bits per heavy atom. The molecular formula is C54H42N2. The Bertz CT molecular complexity index is 2910. The Balaban J connectivity index is 0.973. The van der Waals surface area contributed by atoms with Crippen LogP contribution in [0.2, 0.25) is 0 Å². The van der Waals surface area contributed by atoms with Gasteiger partial charge in [0.05, 0.1) is 16.7 Å². The van der Waals surface area contributed by atoms with E-state index in [1.807, 2.05) is 0 Å². The molecular weight excluding hydrogens is 677 g/mol. The minimum absolute atomic E-state index is 0.710. The predicted octanol–water partition coefficient (Wildman–Crippen LogP) is 15.0. The monoisotopic (exact) mass is 718 g/mol. The Morgan fingerprint density at radius 1 is 0.482 bits per heavy atom. The molecule has 2 atom stereocenters. The lowest BCUT2D eigenvalue weighted by atomic mass is 9.87. The van der Waals surface area contributed by atoms with Gasteiger partial charge in [-0.2, -0.15) is 0 Å². The zero-order chi connectivity index (χ0) is 37.0. The second-order valence-electron chi connectivity index (χ2n) is 15.7. The van der Waals surface area contributed by atoms with E-state index < -0.39 is 0 Å². The molecule has 1 heterocycles. The van der Waals surface area contributed by atoms with Gasteiger partial charge in [-0.3, -0.25) is 0 Å². The van der Waals surface area contributed by atoms with Gasteiger partial charge in [0, 0.05) is 33.2 Å². The van der Waals surface area contributed by atoms with Gasteiger partial charge in [-0.1, -0.05) is 127 Å². The highest BCUT2D eigenvalue weighted by atomic mass is 15.1. The molecule has 268 valence electrons. The Hall–Kier alpha value is -6.64. The van der Waals surface area contributed by atoms with Gasteiger partial charge in [0.25, 0.3) is 0 Å². The maximum absolute atomic E-state index is 2.41. The minimum atomic E-state index is 0.710. The molecule has 2 heteroatoms. The normalized spacial score (nSPS) is 16.2. The molecule has 0 spiro atoms. The number of fused-ring (bicyclic) bond motifs is 8. The largest absolute Gasteiger partial charge is 0.310 e. The molecule has 8 aromatic carbocycles. The van der Waals surface area contributed by atoms with Gasteiger partial charge < -0.3 is 9.47 Å². The van der Waals surface area contributed by atoms with Crippen LogP contribution in [-0.4, -0.2) is 4.57 Å². The van der Waals surface area contributed by atoms with Gasteiger partial charge in [-0.15, -0.1) is 0 Å². The number of hydrogen-bond acceptors (Lipinski definition) is 1. The highest BCUT2D eigenvalue weighted by Gasteiger charge is 2.28. The molecule has 56 heavy (non-hydrogen) atoms. The van der Waals surface area contributed by atoms with Crippen LogP contribution in [0.25, 0.3) is 66.6 Å². The van der Waals surface area contributed by atoms with Crippen molar-refractivity contribution in [3.05, 3.63) is 199 Å². The van der Waals surface area contributed by atoms with Crippen molar-refractivity contribution in [1.29, 1.82) is 0 Å². The number of nitrogens with zero attached hydrogens (tertiary/aromatic N) is 2. The van der Waals surface area contributed by atoms with E-state index in [0.29, 0.717) is 5.92 Å². The van der Waals surface area contributed by atoms with Crippen LogP contribution in [-0.2, 0) is 0 Å². The molecule has 2 aliphatic carbocycles. The molecule has 0 radical (unpaired) electrons. The molecule has 1 fully saturated rings. The molecule has 1 aromatic heterocycles. The molecule has 2 aliphatic rings. The first-order valence-corrected chi connectivity index (χ1v) is 20.1. The number of aromatic nitrogens is 1. The van der Waals surface area contributed by atoms with Crippen LogP contribution < -0.4 is 4.90 Å². The first-order chi connectivity index (χ1) is 27.7. The summed E-state index contributed by atoms with van der Waals surface area (Å²) in [6.45, 7) is 0. The van der Waals surface area contributed by atoms with Crippen LogP contribution in [0.5, 0.6) is 0 Å². The average Bonchev–Trinajstić information content (AvgIpc) is 3.88. The van der Waals surface area contributed by atoms with Crippen molar-refractivity contribution in [3.8, 4) is 27.9 Å². The van der Waals surface area contributed by atoms with E-state index in [1.54, 1.807) is 0 Å². The summed E-state index contributed by atoms with van der Waals surface area (Å²) in [6, 6.07) is 67.1. The van der Waals surface area contributed by atoms with Crippen molar-refractivity contribution < 1.29 is 0 Å². The second-order valence-corrected chi connectivity index (χ2v) is 15.7. The lowest BCUT2D eigenvalue weighted by Gasteiger charge is -2.27. The summed E-state index contributed by atoms with van der Waals surface area (Å²) in [6.07, 6.45) is 10.0. The summed E-state index contributed by atoms with van der Waals surface area (Å²) >= 11 is 0. The topological polar surface area (TPSA) is 8.17 Å². The lowest BCUT2D eigenvalue weighted by Crippen LogP contribution is -2.10. The molecule has 11 rings (SSSR count). The molecule has 2 nitrogen and oxygen atoms in total. The first kappa shape index (κ1) is 32.8. The Morgan fingerprint density at radius 3 is 1.93 bits per heavy atom. The third-order valence-electron chi connectivity index (χ3n) is 12.4. The Kier molecular flexibility index (Phi) is 7.95. The van der Waals surface area contributed by atoms with Gasteiger partial charge in [0.1, 0.15) is 0 Å². The van der Waals surface area contributed by atoms with Crippen molar-refractivity contribution in [2.45, 2.75) is 31.6 Å². The van der Waals surface area contributed by atoms with E-state index in [1.165, 1.54) is 103 Å². The SMILES string of the molecule is C1=Cc2cc(-c3ccc(N(c4ccc(-c5ccc6c(c5)c5ccccc5n6-c5ccccc5)cc4)c4cccc5ccccc45)cc3)ccc2C2CCC(C1)C2. The number of rotatable bonds is 6. The van der Waals surface area contributed by atoms with Crippen molar-refractivity contribution in [2.75, 3.05) is 4.90 Å². The van der Waals surface area contributed by atoms with Crippen LogP contribution in [0, 0.1) is 5.92 Å². The van der Waals surface area contributed by atoms with Gasteiger partial charge >= 0.3 is 0 Å². The summed E-state index contributed by atoms with van der Waals surface area (Å²) in [5.41, 5.74) is 14.9. The number of anilines is 3. The maximum atomic E-state index is 2.41. The molecule has 2 unspecified atom stereocenters. The van der Waals surface area contributed by atoms with Crippen molar-refractivity contribution in [1.82, 2.24) is 4.57 Å². The van der Waals surface area contributed by atoms with Crippen LogP contribution in [0.4, 0.5) is 17.1 Å². The van der Waals surface area contributed by atoms with E-state index >= 15 is 0 Å². The molecule has 9 aromatic rings. The molecule has 1 saturated carbocycles. The highest BCUT2D eigenvalue weighted by molar-refractivity contribution is 6.10. The number of hydrogen-bond donors (Lipinski definition) is 0. The molecule has 0 amide bonds. The smallest absolute Gasteiger partial charge is 0.0541 e. The zero-order valence-electron chi connectivity index (χ0n) is 31.4. The minimum Gasteiger partial charge on any atom is -0.310 e. The number of allylic oxidation sites excluding steroid dienone is 1. The van der Waals surface area contributed by atoms with Gasteiger partial charge in [0.2, 0.25) is 0 Å². The quantitative estimate of drug-likeness (QED) is 0.166. The lowest BCUT2D eigenvalue weighted by molar-refractivity contribution is 0.546. The third kappa shape index (κ3) is 5.64. The van der Waals surface area contributed by atoms with Crippen LogP contribution in [0.3, 0.4) is 0 Å². The van der Waals surface area contributed by atoms with Crippen molar-refractivity contribution >= 4 is 55.7 Å². The zero-order valence-corrected chi connectivity index (χ0v) is 31.4. The summed E-state index contributed by atoms with van der Waals surface area (Å²) in [5, 5.41) is 4.98. The summed E-state index contributed by atoms with van der Waals surface area (Å²) in [7, 11) is 0. The summed E-state index contributed by atoms with van der Waals surface area (Å²) in [4.78, 5) is 2.41. The van der Waals surface area contributed by atoms with Crippen LogP contribution in [0.15, 0.2) is 188 Å². The Labute approximate surface area is 328 Å². The standard InChI is InChI=1S/C54H42N2/c1-2-14-45(15-3-1)56-53-18-7-6-17-50(53)51-36-42(27-33-54(51)56)39-24-30-47(31-25-39)55(52-19-9-12-40-11-4-5-16-49(40)52)46-28-22-38(23-29-46)41-26-32-48-43(35-41)13-8-10-37-20-21-44(48)34-37/h1-9,11-19,22-33,35-37,44H,10,20-21,34H2. The molecule has 0 aliphatic heterocycles. The van der Waals surface area contributed by atoms with E-state index in [0.717, 1.165) is 17.3 Å². The number of para-hydroxylation sites is 2. The van der Waals surface area contributed by atoms with Gasteiger partial charge in [-0.05, 0) is 143 Å². The van der Waals surface area contributed by atoms with Gasteiger partial charge in [0.15, 0.2) is 0 Å². The van der Waals surface area contributed by atoms with Crippen LogP contribution in [0.1, 0.15) is 42.7 Å². The van der Waals surface area contributed by atoms with Crippen molar-refractivity contribution in [2.24, 2.45) is 5.92 Å². The fourth-order valence-electron chi connectivity index (χ4n) is 9.67.